The summed E-state index contributed by atoms with van der Waals surface area (Å²) in [5.74, 6) is -2.47. The van der Waals surface area contributed by atoms with Gasteiger partial charge in [0.2, 0.25) is 11.8 Å². The molecule has 7 nitrogen and oxygen atoms in total. The van der Waals surface area contributed by atoms with Crippen molar-refractivity contribution < 1.29 is 24.6 Å². The highest BCUT2D eigenvalue weighted by Crippen LogP contribution is 2.12. The van der Waals surface area contributed by atoms with Gasteiger partial charge < -0.3 is 15.5 Å². The fourth-order valence-corrected chi connectivity index (χ4v) is 1.80. The fourth-order valence-electron chi connectivity index (χ4n) is 1.80. The SMILES string of the molecule is CC(=O)N(C(=O)C1CC(O)CN1)C(C)C(=O)O. The molecule has 0 radical (unpaired) electrons. The van der Waals surface area contributed by atoms with Gasteiger partial charge in [0.15, 0.2) is 0 Å². The van der Waals surface area contributed by atoms with Gasteiger partial charge in [-0.1, -0.05) is 0 Å². The van der Waals surface area contributed by atoms with E-state index in [9.17, 15) is 19.5 Å². The first-order valence-corrected chi connectivity index (χ1v) is 5.32. The lowest BCUT2D eigenvalue weighted by molar-refractivity contribution is -0.157. The highest BCUT2D eigenvalue weighted by Gasteiger charge is 2.37. The van der Waals surface area contributed by atoms with Crippen LogP contribution < -0.4 is 5.32 Å². The van der Waals surface area contributed by atoms with E-state index in [1.807, 2.05) is 0 Å². The molecule has 1 heterocycles. The van der Waals surface area contributed by atoms with Gasteiger partial charge in [0.05, 0.1) is 12.1 Å². The van der Waals surface area contributed by atoms with Crippen molar-refractivity contribution in [3.8, 4) is 0 Å². The number of β-amino-alcohol motifs (C(OH)–C–C–N with tert-alkyl or cyclic N) is 1. The molecule has 0 saturated carbocycles. The third-order valence-corrected chi connectivity index (χ3v) is 2.73. The van der Waals surface area contributed by atoms with Crippen molar-refractivity contribution in [3.63, 3.8) is 0 Å². The average molecular weight is 244 g/mol. The van der Waals surface area contributed by atoms with Gasteiger partial charge >= 0.3 is 5.97 Å². The number of carboxylic acid groups (broad SMARTS) is 1. The molecule has 1 fully saturated rings. The molecule has 96 valence electrons. The van der Waals surface area contributed by atoms with E-state index in [0.29, 0.717) is 4.90 Å². The number of hydrogen-bond donors (Lipinski definition) is 3. The second-order valence-corrected chi connectivity index (χ2v) is 4.09. The van der Waals surface area contributed by atoms with Crippen LogP contribution in [-0.4, -0.2) is 57.6 Å². The highest BCUT2D eigenvalue weighted by molar-refractivity contribution is 6.00. The zero-order valence-electron chi connectivity index (χ0n) is 9.71. The van der Waals surface area contributed by atoms with Crippen LogP contribution in [0.1, 0.15) is 20.3 Å². The number of nitrogens with zero attached hydrogens (tertiary/aromatic N) is 1. The molecule has 3 N–H and O–H groups in total. The summed E-state index contributed by atoms with van der Waals surface area (Å²) >= 11 is 0. The van der Waals surface area contributed by atoms with Crippen LogP contribution >= 0.6 is 0 Å². The minimum atomic E-state index is -1.24. The number of carboxylic acids is 1. The van der Waals surface area contributed by atoms with Crippen molar-refractivity contribution in [1.29, 1.82) is 0 Å². The number of amides is 2. The summed E-state index contributed by atoms with van der Waals surface area (Å²) in [6.45, 7) is 2.68. The summed E-state index contributed by atoms with van der Waals surface area (Å²) in [4.78, 5) is 34.8. The van der Waals surface area contributed by atoms with Gasteiger partial charge in [-0.15, -0.1) is 0 Å². The molecule has 0 bridgehead atoms. The number of imide groups is 1. The lowest BCUT2D eigenvalue weighted by Gasteiger charge is -2.25. The van der Waals surface area contributed by atoms with Gasteiger partial charge in [-0.05, 0) is 13.3 Å². The Morgan fingerprint density at radius 3 is 2.35 bits per heavy atom. The zero-order valence-corrected chi connectivity index (χ0v) is 9.71. The van der Waals surface area contributed by atoms with Crippen molar-refractivity contribution in [1.82, 2.24) is 10.2 Å². The minimum absolute atomic E-state index is 0.189. The number of aliphatic hydroxyl groups is 1. The predicted octanol–water partition coefficient (Wildman–Crippen LogP) is -1.44. The Labute approximate surface area is 98.4 Å². The number of carbonyl (C=O) groups is 3. The summed E-state index contributed by atoms with van der Waals surface area (Å²) in [5, 5.41) is 20.9. The van der Waals surface area contributed by atoms with Crippen LogP contribution in [0.4, 0.5) is 0 Å². The Balaban J connectivity index is 2.81. The first-order chi connectivity index (χ1) is 7.84. The maximum absolute atomic E-state index is 11.9. The van der Waals surface area contributed by atoms with E-state index in [0.717, 1.165) is 6.92 Å². The Morgan fingerprint density at radius 1 is 1.41 bits per heavy atom. The molecular weight excluding hydrogens is 228 g/mol. The number of aliphatic hydroxyl groups excluding tert-OH is 1. The Bertz CT molecular complexity index is 344. The van der Waals surface area contributed by atoms with E-state index in [1.54, 1.807) is 0 Å². The Kier molecular flexibility index (Phi) is 4.19. The first-order valence-electron chi connectivity index (χ1n) is 5.32. The molecule has 1 saturated heterocycles. The number of carbonyl (C=O) groups excluding carboxylic acids is 2. The molecule has 0 aromatic rings. The Hall–Kier alpha value is -1.47. The van der Waals surface area contributed by atoms with E-state index >= 15 is 0 Å². The van der Waals surface area contributed by atoms with E-state index in [1.165, 1.54) is 6.92 Å². The van der Waals surface area contributed by atoms with Crippen LogP contribution in [0.25, 0.3) is 0 Å². The van der Waals surface area contributed by atoms with E-state index in [4.69, 9.17) is 5.11 Å². The van der Waals surface area contributed by atoms with Crippen molar-refractivity contribution in [2.45, 2.75) is 38.5 Å². The highest BCUT2D eigenvalue weighted by atomic mass is 16.4. The van der Waals surface area contributed by atoms with Gasteiger partial charge in [0.25, 0.3) is 0 Å². The molecule has 7 heteroatoms. The van der Waals surface area contributed by atoms with Gasteiger partial charge in [-0.3, -0.25) is 14.5 Å². The van der Waals surface area contributed by atoms with Crippen molar-refractivity contribution >= 4 is 17.8 Å². The third kappa shape index (κ3) is 3.01. The topological polar surface area (TPSA) is 107 Å². The molecule has 2 amide bonds. The molecule has 1 rings (SSSR count). The molecule has 3 atom stereocenters. The van der Waals surface area contributed by atoms with Crippen molar-refractivity contribution in [2.24, 2.45) is 0 Å². The van der Waals surface area contributed by atoms with Gasteiger partial charge in [-0.2, -0.15) is 0 Å². The molecule has 3 unspecified atom stereocenters. The largest absolute Gasteiger partial charge is 0.480 e. The second-order valence-electron chi connectivity index (χ2n) is 4.09. The van der Waals surface area contributed by atoms with E-state index < -0.39 is 36.0 Å². The van der Waals surface area contributed by atoms with E-state index in [-0.39, 0.29) is 13.0 Å². The molecule has 1 aliphatic rings. The van der Waals surface area contributed by atoms with Gasteiger partial charge in [0.1, 0.15) is 6.04 Å². The van der Waals surface area contributed by atoms with Crippen LogP contribution in [0.2, 0.25) is 0 Å². The average Bonchev–Trinajstić information content (AvgIpc) is 2.64. The van der Waals surface area contributed by atoms with Crippen molar-refractivity contribution in [2.75, 3.05) is 6.54 Å². The van der Waals surface area contributed by atoms with Crippen molar-refractivity contribution in [3.05, 3.63) is 0 Å². The summed E-state index contributed by atoms with van der Waals surface area (Å²) in [5.41, 5.74) is 0. The molecule has 0 aromatic carbocycles. The smallest absolute Gasteiger partial charge is 0.326 e. The maximum Gasteiger partial charge on any atom is 0.326 e. The van der Waals surface area contributed by atoms with Crippen LogP contribution in [-0.2, 0) is 14.4 Å². The summed E-state index contributed by atoms with van der Waals surface area (Å²) in [6, 6.07) is -1.91. The number of rotatable bonds is 3. The maximum atomic E-state index is 11.9. The fraction of sp³-hybridized carbons (Fsp3) is 0.700. The first kappa shape index (κ1) is 13.6. The molecule has 0 aliphatic carbocycles. The van der Waals surface area contributed by atoms with Crippen LogP contribution in [0.15, 0.2) is 0 Å². The quantitative estimate of drug-likeness (QED) is 0.561. The predicted molar refractivity (Wildman–Crippen MR) is 57.0 cm³/mol. The summed E-state index contributed by atoms with van der Waals surface area (Å²) in [6.07, 6.45) is -0.451. The van der Waals surface area contributed by atoms with Gasteiger partial charge in [0, 0.05) is 13.5 Å². The van der Waals surface area contributed by atoms with E-state index in [2.05, 4.69) is 5.32 Å². The summed E-state index contributed by atoms with van der Waals surface area (Å²) in [7, 11) is 0. The normalized spacial score (nSPS) is 25.4. The Morgan fingerprint density at radius 2 is 2.00 bits per heavy atom. The minimum Gasteiger partial charge on any atom is -0.480 e. The van der Waals surface area contributed by atoms with Crippen LogP contribution in [0.5, 0.6) is 0 Å². The molecule has 0 spiro atoms. The third-order valence-electron chi connectivity index (χ3n) is 2.73. The van der Waals surface area contributed by atoms with Crippen LogP contribution in [0.3, 0.4) is 0 Å². The molecule has 0 aromatic heterocycles. The molecule has 17 heavy (non-hydrogen) atoms. The molecular formula is C10H16N2O5. The lowest BCUT2D eigenvalue weighted by Crippen LogP contribution is -2.52. The van der Waals surface area contributed by atoms with Crippen LogP contribution in [0, 0.1) is 0 Å². The molecule has 1 aliphatic heterocycles. The summed E-state index contributed by atoms with van der Waals surface area (Å²) < 4.78 is 0. The van der Waals surface area contributed by atoms with Gasteiger partial charge in [-0.25, -0.2) is 4.79 Å². The lowest BCUT2D eigenvalue weighted by atomic mass is 10.1. The number of aliphatic carboxylic acids is 1. The monoisotopic (exact) mass is 244 g/mol. The number of hydrogen-bond acceptors (Lipinski definition) is 5. The zero-order chi connectivity index (χ0) is 13.2. The second kappa shape index (κ2) is 5.24. The number of nitrogens with one attached hydrogen (secondary N) is 1. The standard InChI is InChI=1S/C10H16N2O5/c1-5(10(16)17)12(6(2)13)9(15)8-3-7(14)4-11-8/h5,7-8,11,14H,3-4H2,1-2H3,(H,16,17).